The first-order chi connectivity index (χ1) is 13.3. The Hall–Kier alpha value is -2.74. The predicted octanol–water partition coefficient (Wildman–Crippen LogP) is 5.98. The normalized spacial score (nSPS) is 10.5. The topological polar surface area (TPSA) is 94.6 Å². The number of nitrogens with one attached hydrogen (secondary N) is 1. The van der Waals surface area contributed by atoms with Crippen LogP contribution in [-0.2, 0) is 6.61 Å². The van der Waals surface area contributed by atoms with Gasteiger partial charge in [0.25, 0.3) is 11.6 Å². The molecule has 28 heavy (non-hydrogen) atoms. The maximum Gasteiger partial charge on any atom is 0.291 e. The first-order valence-corrected chi connectivity index (χ1v) is 8.89. The van der Waals surface area contributed by atoms with Crippen LogP contribution in [-0.4, -0.2) is 10.8 Å². The number of carbonyl (C=O) groups is 1. The number of benzene rings is 2. The molecular formula is C18H11Cl3N2O5. The van der Waals surface area contributed by atoms with Gasteiger partial charge in [-0.15, -0.1) is 0 Å². The van der Waals surface area contributed by atoms with E-state index in [1.165, 1.54) is 42.5 Å². The number of rotatable bonds is 6. The number of amides is 1. The molecule has 2 aromatic carbocycles. The number of nitrogens with zero attached hydrogens (tertiary/aromatic N) is 1. The zero-order valence-electron chi connectivity index (χ0n) is 13.9. The van der Waals surface area contributed by atoms with Gasteiger partial charge in [0.2, 0.25) is 0 Å². The van der Waals surface area contributed by atoms with E-state index in [2.05, 4.69) is 5.32 Å². The second-order valence-corrected chi connectivity index (χ2v) is 6.76. The van der Waals surface area contributed by atoms with Crippen molar-refractivity contribution in [1.82, 2.24) is 0 Å². The highest BCUT2D eigenvalue weighted by molar-refractivity contribution is 6.40. The highest BCUT2D eigenvalue weighted by atomic mass is 35.5. The number of anilines is 1. The summed E-state index contributed by atoms with van der Waals surface area (Å²) in [5, 5.41) is 14.1. The summed E-state index contributed by atoms with van der Waals surface area (Å²) in [6, 6.07) is 11.5. The van der Waals surface area contributed by atoms with E-state index in [1.807, 2.05) is 0 Å². The SMILES string of the molecule is O=C(Nc1ccc([N+](=O)[O-])cc1)c1ccc(COc2c(Cl)cc(Cl)cc2Cl)o1. The average Bonchev–Trinajstić information content (AvgIpc) is 3.10. The molecule has 7 nitrogen and oxygen atoms in total. The van der Waals surface area contributed by atoms with E-state index in [-0.39, 0.29) is 33.8 Å². The number of ether oxygens (including phenoxy) is 1. The molecule has 0 radical (unpaired) electrons. The van der Waals surface area contributed by atoms with Crippen LogP contribution in [0, 0.1) is 10.1 Å². The van der Waals surface area contributed by atoms with Crippen LogP contribution in [0.3, 0.4) is 0 Å². The van der Waals surface area contributed by atoms with E-state index in [1.54, 1.807) is 6.07 Å². The molecule has 0 spiro atoms. The Bertz CT molecular complexity index is 1010. The number of nitro groups is 1. The molecule has 0 saturated heterocycles. The van der Waals surface area contributed by atoms with Crippen LogP contribution in [0.5, 0.6) is 5.75 Å². The van der Waals surface area contributed by atoms with E-state index in [9.17, 15) is 14.9 Å². The number of halogens is 3. The fraction of sp³-hybridized carbons (Fsp3) is 0.0556. The minimum Gasteiger partial charge on any atom is -0.483 e. The molecule has 0 fully saturated rings. The fourth-order valence-corrected chi connectivity index (χ4v) is 3.17. The second kappa shape index (κ2) is 8.52. The molecule has 0 unspecified atom stereocenters. The molecule has 1 heterocycles. The zero-order valence-corrected chi connectivity index (χ0v) is 16.2. The van der Waals surface area contributed by atoms with Crippen molar-refractivity contribution in [2.24, 2.45) is 0 Å². The Balaban J connectivity index is 1.63. The standard InChI is InChI=1S/C18H11Cl3N2O5/c19-10-7-14(20)17(15(21)8-10)27-9-13-5-6-16(28-13)18(24)22-11-1-3-12(4-2-11)23(25)26/h1-8H,9H2,(H,22,24). The first kappa shape index (κ1) is 20.0. The first-order valence-electron chi connectivity index (χ1n) is 7.75. The van der Waals surface area contributed by atoms with Crippen molar-refractivity contribution in [2.75, 3.05) is 5.32 Å². The number of furan rings is 1. The van der Waals surface area contributed by atoms with Crippen LogP contribution in [0.25, 0.3) is 0 Å². The molecule has 0 aliphatic heterocycles. The van der Waals surface area contributed by atoms with Crippen LogP contribution >= 0.6 is 34.8 Å². The number of hydrogen-bond donors (Lipinski definition) is 1. The third-order valence-corrected chi connectivity index (χ3v) is 4.32. The number of non-ortho nitro benzene ring substituents is 1. The number of nitro benzene ring substituents is 1. The average molecular weight is 442 g/mol. The molecule has 0 aliphatic carbocycles. The minimum absolute atomic E-state index is 0.00805. The van der Waals surface area contributed by atoms with Crippen LogP contribution in [0.4, 0.5) is 11.4 Å². The van der Waals surface area contributed by atoms with Gasteiger partial charge in [0.1, 0.15) is 12.4 Å². The van der Waals surface area contributed by atoms with Crippen molar-refractivity contribution >= 4 is 52.1 Å². The lowest BCUT2D eigenvalue weighted by Gasteiger charge is -2.09. The van der Waals surface area contributed by atoms with Gasteiger partial charge >= 0.3 is 0 Å². The molecule has 1 amide bonds. The highest BCUT2D eigenvalue weighted by Gasteiger charge is 2.14. The molecule has 10 heteroatoms. The molecule has 3 aromatic rings. The Morgan fingerprint density at radius 1 is 1.07 bits per heavy atom. The summed E-state index contributed by atoms with van der Waals surface area (Å²) in [4.78, 5) is 22.4. The van der Waals surface area contributed by atoms with Gasteiger partial charge in [0.15, 0.2) is 11.5 Å². The van der Waals surface area contributed by atoms with Crippen molar-refractivity contribution < 1.29 is 18.9 Å². The quantitative estimate of drug-likeness (QED) is 0.375. The third-order valence-electron chi connectivity index (χ3n) is 3.54. The molecule has 0 bridgehead atoms. The second-order valence-electron chi connectivity index (χ2n) is 5.51. The van der Waals surface area contributed by atoms with E-state index in [4.69, 9.17) is 44.0 Å². The van der Waals surface area contributed by atoms with Gasteiger partial charge in [-0.1, -0.05) is 34.8 Å². The fourth-order valence-electron chi connectivity index (χ4n) is 2.25. The molecule has 1 N–H and O–H groups in total. The summed E-state index contributed by atoms with van der Waals surface area (Å²) in [5.41, 5.74) is 0.319. The van der Waals surface area contributed by atoms with Gasteiger partial charge < -0.3 is 14.5 Å². The number of carbonyl (C=O) groups excluding carboxylic acids is 1. The van der Waals surface area contributed by atoms with E-state index in [0.29, 0.717) is 16.5 Å². The molecule has 1 aromatic heterocycles. The van der Waals surface area contributed by atoms with Crippen molar-refractivity contribution in [3.8, 4) is 5.75 Å². The summed E-state index contributed by atoms with van der Waals surface area (Å²) in [5.74, 6) is 0.157. The summed E-state index contributed by atoms with van der Waals surface area (Å²) < 4.78 is 11.0. The molecule has 3 rings (SSSR count). The van der Waals surface area contributed by atoms with E-state index in [0.717, 1.165) is 0 Å². The van der Waals surface area contributed by atoms with Crippen LogP contribution in [0.2, 0.25) is 15.1 Å². The van der Waals surface area contributed by atoms with E-state index < -0.39 is 10.8 Å². The predicted molar refractivity (Wildman–Crippen MR) is 106 cm³/mol. The van der Waals surface area contributed by atoms with Gasteiger partial charge in [0, 0.05) is 22.8 Å². The van der Waals surface area contributed by atoms with Gasteiger partial charge in [-0.25, -0.2) is 0 Å². The van der Waals surface area contributed by atoms with Gasteiger partial charge in [0.05, 0.1) is 15.0 Å². The maximum atomic E-state index is 12.2. The van der Waals surface area contributed by atoms with Crippen LogP contribution in [0.1, 0.15) is 16.3 Å². The van der Waals surface area contributed by atoms with Gasteiger partial charge in [-0.2, -0.15) is 0 Å². The third kappa shape index (κ3) is 4.75. The lowest BCUT2D eigenvalue weighted by Crippen LogP contribution is -2.10. The molecule has 0 saturated carbocycles. The largest absolute Gasteiger partial charge is 0.483 e. The minimum atomic E-state index is -0.524. The maximum absolute atomic E-state index is 12.2. The lowest BCUT2D eigenvalue weighted by molar-refractivity contribution is -0.384. The Morgan fingerprint density at radius 2 is 1.71 bits per heavy atom. The number of hydrogen-bond acceptors (Lipinski definition) is 5. The van der Waals surface area contributed by atoms with Crippen LogP contribution < -0.4 is 10.1 Å². The molecular weight excluding hydrogens is 431 g/mol. The lowest BCUT2D eigenvalue weighted by atomic mass is 10.3. The van der Waals surface area contributed by atoms with Crippen molar-refractivity contribution in [1.29, 1.82) is 0 Å². The summed E-state index contributed by atoms with van der Waals surface area (Å²) in [6.45, 7) is -0.00805. The van der Waals surface area contributed by atoms with Crippen LogP contribution in [0.15, 0.2) is 52.9 Å². The van der Waals surface area contributed by atoms with Gasteiger partial charge in [-0.05, 0) is 36.4 Å². The Kier molecular flexibility index (Phi) is 6.08. The molecule has 144 valence electrons. The zero-order chi connectivity index (χ0) is 20.3. The van der Waals surface area contributed by atoms with E-state index >= 15 is 0 Å². The molecule has 0 atom stereocenters. The Labute approximate surface area is 173 Å². The summed E-state index contributed by atoms with van der Waals surface area (Å²) in [6.07, 6.45) is 0. The van der Waals surface area contributed by atoms with Crippen molar-refractivity contribution in [3.63, 3.8) is 0 Å². The highest BCUT2D eigenvalue weighted by Crippen LogP contribution is 2.36. The summed E-state index contributed by atoms with van der Waals surface area (Å²) in [7, 11) is 0. The Morgan fingerprint density at radius 3 is 2.32 bits per heavy atom. The monoisotopic (exact) mass is 440 g/mol. The van der Waals surface area contributed by atoms with Gasteiger partial charge in [-0.3, -0.25) is 14.9 Å². The summed E-state index contributed by atoms with van der Waals surface area (Å²) >= 11 is 17.9. The smallest absolute Gasteiger partial charge is 0.291 e. The van der Waals surface area contributed by atoms with Crippen molar-refractivity contribution in [3.05, 3.63) is 85.2 Å². The molecule has 0 aliphatic rings. The van der Waals surface area contributed by atoms with Crippen molar-refractivity contribution in [2.45, 2.75) is 6.61 Å².